The van der Waals surface area contributed by atoms with Crippen molar-refractivity contribution in [2.45, 2.75) is 12.8 Å². The highest BCUT2D eigenvalue weighted by Gasteiger charge is 2.01. The van der Waals surface area contributed by atoms with E-state index in [9.17, 15) is 8.78 Å². The average Bonchev–Trinajstić information content (AvgIpc) is 2.20. The van der Waals surface area contributed by atoms with Crippen LogP contribution in [-0.2, 0) is 0 Å². The molecule has 0 fully saturated rings. The number of benzene rings is 1. The molecule has 84 valence electrons. The van der Waals surface area contributed by atoms with Crippen LogP contribution in [0.4, 0.5) is 14.5 Å². The standard InChI is InChI=1S/C11H16F2N2/c1-14-6-2-3-7-15-11-5-4-9(12)8-10(11)13/h4-5,8,14-15H,2-3,6-7H2,1H3. The summed E-state index contributed by atoms with van der Waals surface area (Å²) in [6.45, 7) is 1.65. The second kappa shape index (κ2) is 6.35. The molecule has 15 heavy (non-hydrogen) atoms. The predicted octanol–water partition coefficient (Wildman–Crippen LogP) is 2.38. The fraction of sp³-hybridized carbons (Fsp3) is 0.455. The highest BCUT2D eigenvalue weighted by molar-refractivity contribution is 5.44. The monoisotopic (exact) mass is 214 g/mol. The van der Waals surface area contributed by atoms with Crippen molar-refractivity contribution in [1.82, 2.24) is 5.32 Å². The van der Waals surface area contributed by atoms with Crippen molar-refractivity contribution in [3.05, 3.63) is 29.8 Å². The Morgan fingerprint density at radius 1 is 1.13 bits per heavy atom. The summed E-state index contributed by atoms with van der Waals surface area (Å²) in [6.07, 6.45) is 1.99. The Kier molecular flexibility index (Phi) is 5.04. The topological polar surface area (TPSA) is 24.1 Å². The zero-order valence-electron chi connectivity index (χ0n) is 8.82. The maximum Gasteiger partial charge on any atom is 0.149 e. The van der Waals surface area contributed by atoms with E-state index < -0.39 is 11.6 Å². The van der Waals surface area contributed by atoms with E-state index in [1.807, 2.05) is 7.05 Å². The van der Waals surface area contributed by atoms with Crippen molar-refractivity contribution in [1.29, 1.82) is 0 Å². The van der Waals surface area contributed by atoms with E-state index in [0.717, 1.165) is 25.5 Å². The Hall–Kier alpha value is -1.16. The van der Waals surface area contributed by atoms with E-state index in [1.54, 1.807) is 0 Å². The lowest BCUT2D eigenvalue weighted by Gasteiger charge is -2.07. The maximum atomic E-state index is 13.1. The molecular weight excluding hydrogens is 198 g/mol. The number of halogens is 2. The molecule has 0 unspecified atom stereocenters. The Morgan fingerprint density at radius 2 is 1.87 bits per heavy atom. The minimum absolute atomic E-state index is 0.362. The lowest BCUT2D eigenvalue weighted by Crippen LogP contribution is -2.10. The van der Waals surface area contributed by atoms with Crippen molar-refractivity contribution in [2.75, 3.05) is 25.5 Å². The molecule has 0 aliphatic rings. The van der Waals surface area contributed by atoms with Gasteiger partial charge in [0.25, 0.3) is 0 Å². The molecule has 1 rings (SSSR count). The van der Waals surface area contributed by atoms with E-state index in [4.69, 9.17) is 0 Å². The first-order valence-electron chi connectivity index (χ1n) is 5.07. The number of hydrogen-bond acceptors (Lipinski definition) is 2. The van der Waals surface area contributed by atoms with Crippen molar-refractivity contribution in [2.24, 2.45) is 0 Å². The van der Waals surface area contributed by atoms with Gasteiger partial charge in [-0.25, -0.2) is 8.78 Å². The van der Waals surface area contributed by atoms with Gasteiger partial charge in [-0.15, -0.1) is 0 Å². The van der Waals surface area contributed by atoms with Gasteiger partial charge >= 0.3 is 0 Å². The second-order valence-electron chi connectivity index (χ2n) is 3.36. The van der Waals surface area contributed by atoms with Gasteiger partial charge in [0.05, 0.1) is 5.69 Å². The third-order valence-corrected chi connectivity index (χ3v) is 2.10. The first-order valence-corrected chi connectivity index (χ1v) is 5.07. The van der Waals surface area contributed by atoms with Crippen LogP contribution < -0.4 is 10.6 Å². The lowest BCUT2D eigenvalue weighted by molar-refractivity contribution is 0.584. The quantitative estimate of drug-likeness (QED) is 0.710. The number of nitrogens with one attached hydrogen (secondary N) is 2. The van der Waals surface area contributed by atoms with Crippen molar-refractivity contribution < 1.29 is 8.78 Å². The SMILES string of the molecule is CNCCCCNc1ccc(F)cc1F. The van der Waals surface area contributed by atoms with Crippen molar-refractivity contribution in [3.63, 3.8) is 0 Å². The first kappa shape index (κ1) is 11.9. The third-order valence-electron chi connectivity index (χ3n) is 2.10. The Morgan fingerprint density at radius 3 is 2.53 bits per heavy atom. The van der Waals surface area contributed by atoms with Crippen LogP contribution in [0.5, 0.6) is 0 Å². The van der Waals surface area contributed by atoms with Gasteiger partial charge in [-0.05, 0) is 38.6 Å². The summed E-state index contributed by atoms with van der Waals surface area (Å²) in [6, 6.07) is 3.55. The van der Waals surface area contributed by atoms with Gasteiger partial charge in [-0.3, -0.25) is 0 Å². The number of hydrogen-bond donors (Lipinski definition) is 2. The average molecular weight is 214 g/mol. The molecular formula is C11H16F2N2. The molecule has 0 heterocycles. The molecule has 0 atom stereocenters. The second-order valence-corrected chi connectivity index (χ2v) is 3.36. The number of anilines is 1. The maximum absolute atomic E-state index is 13.1. The van der Waals surface area contributed by atoms with Crippen LogP contribution in [0.1, 0.15) is 12.8 Å². The van der Waals surface area contributed by atoms with Gasteiger partial charge < -0.3 is 10.6 Å². The van der Waals surface area contributed by atoms with Gasteiger partial charge in [0.1, 0.15) is 11.6 Å². The summed E-state index contributed by atoms with van der Waals surface area (Å²) in [5.41, 5.74) is 0.362. The summed E-state index contributed by atoms with van der Waals surface area (Å²) in [5.74, 6) is -1.09. The van der Waals surface area contributed by atoms with E-state index in [1.165, 1.54) is 12.1 Å². The fourth-order valence-electron chi connectivity index (χ4n) is 1.28. The van der Waals surface area contributed by atoms with Crippen LogP contribution in [0.2, 0.25) is 0 Å². The van der Waals surface area contributed by atoms with Crippen LogP contribution in [0.25, 0.3) is 0 Å². The molecule has 0 radical (unpaired) electrons. The molecule has 0 aliphatic heterocycles. The number of unbranched alkanes of at least 4 members (excludes halogenated alkanes) is 1. The third kappa shape index (κ3) is 4.25. The van der Waals surface area contributed by atoms with Crippen LogP contribution >= 0.6 is 0 Å². The molecule has 1 aromatic rings. The normalized spacial score (nSPS) is 10.3. The van der Waals surface area contributed by atoms with Crippen LogP contribution in [0.3, 0.4) is 0 Å². The molecule has 1 aromatic carbocycles. The summed E-state index contributed by atoms with van der Waals surface area (Å²) in [5, 5.41) is 5.96. The molecule has 0 aliphatic carbocycles. The summed E-state index contributed by atoms with van der Waals surface area (Å²) < 4.78 is 25.7. The highest BCUT2D eigenvalue weighted by Crippen LogP contribution is 2.14. The zero-order valence-corrected chi connectivity index (χ0v) is 8.82. The molecule has 0 saturated heterocycles. The lowest BCUT2D eigenvalue weighted by atomic mass is 10.2. The van der Waals surface area contributed by atoms with Crippen molar-refractivity contribution in [3.8, 4) is 0 Å². The molecule has 2 N–H and O–H groups in total. The predicted molar refractivity (Wildman–Crippen MR) is 58.0 cm³/mol. The highest BCUT2D eigenvalue weighted by atomic mass is 19.1. The summed E-state index contributed by atoms with van der Waals surface area (Å²) in [7, 11) is 1.90. The van der Waals surface area contributed by atoms with E-state index in [-0.39, 0.29) is 0 Å². The van der Waals surface area contributed by atoms with Gasteiger partial charge in [0, 0.05) is 12.6 Å². The van der Waals surface area contributed by atoms with Gasteiger partial charge in [-0.1, -0.05) is 0 Å². The van der Waals surface area contributed by atoms with E-state index in [0.29, 0.717) is 12.2 Å². The Labute approximate surface area is 88.7 Å². The van der Waals surface area contributed by atoms with Crippen LogP contribution in [0, 0.1) is 11.6 Å². The largest absolute Gasteiger partial charge is 0.383 e. The van der Waals surface area contributed by atoms with Crippen LogP contribution in [-0.4, -0.2) is 20.1 Å². The van der Waals surface area contributed by atoms with Gasteiger partial charge in [0.2, 0.25) is 0 Å². The molecule has 0 bridgehead atoms. The van der Waals surface area contributed by atoms with Gasteiger partial charge in [0.15, 0.2) is 0 Å². The number of rotatable bonds is 6. The summed E-state index contributed by atoms with van der Waals surface area (Å²) >= 11 is 0. The molecule has 4 heteroatoms. The molecule has 2 nitrogen and oxygen atoms in total. The zero-order chi connectivity index (χ0) is 11.1. The smallest absolute Gasteiger partial charge is 0.149 e. The van der Waals surface area contributed by atoms with E-state index in [2.05, 4.69) is 10.6 Å². The molecule has 0 amide bonds. The van der Waals surface area contributed by atoms with Crippen molar-refractivity contribution >= 4 is 5.69 Å². The first-order chi connectivity index (χ1) is 7.24. The Balaban J connectivity index is 2.31. The van der Waals surface area contributed by atoms with Gasteiger partial charge in [-0.2, -0.15) is 0 Å². The fourth-order valence-corrected chi connectivity index (χ4v) is 1.28. The van der Waals surface area contributed by atoms with Crippen LogP contribution in [0.15, 0.2) is 18.2 Å². The molecule has 0 saturated carbocycles. The molecule has 0 spiro atoms. The minimum atomic E-state index is -0.548. The Bertz CT molecular complexity index is 303. The van der Waals surface area contributed by atoms with E-state index >= 15 is 0 Å². The summed E-state index contributed by atoms with van der Waals surface area (Å²) in [4.78, 5) is 0. The minimum Gasteiger partial charge on any atom is -0.383 e. The molecule has 0 aromatic heterocycles.